The van der Waals surface area contributed by atoms with Crippen LogP contribution in [0.25, 0.3) is 6.08 Å². The van der Waals surface area contributed by atoms with Gasteiger partial charge in [-0.05, 0) is 12.1 Å². The minimum atomic E-state index is -2.43. The van der Waals surface area contributed by atoms with Gasteiger partial charge in [-0.25, -0.2) is 4.79 Å². The Hall–Kier alpha value is -3.75. The minimum absolute atomic E-state index is 0.664. The minimum Gasteiger partial charge on any atom is -0.478 e. The zero-order chi connectivity index (χ0) is 21.5. The van der Waals surface area contributed by atoms with Crippen LogP contribution < -0.4 is 15.9 Å². The lowest BCUT2D eigenvalue weighted by atomic mass is 10.2. The van der Waals surface area contributed by atoms with Crippen LogP contribution in [-0.2, 0) is 4.79 Å². The molecule has 1 N–H and O–H groups in total. The number of benzene rings is 3. The summed E-state index contributed by atoms with van der Waals surface area (Å²) < 4.78 is 5.41. The van der Waals surface area contributed by atoms with Crippen LogP contribution in [0.2, 0.25) is 0 Å². The molecule has 4 aromatic rings. The Balaban J connectivity index is 2.11. The molecule has 5 heteroatoms. The van der Waals surface area contributed by atoms with Gasteiger partial charge in [-0.3, -0.25) is 9.73 Å². The van der Waals surface area contributed by atoms with Gasteiger partial charge in [0.15, 0.2) is 0 Å². The standard InChI is InChI=1S/C26H21N2O2P/c29-26(30)17-16-21-20-27-19-18-25(21)28-31(22-10-4-1-5-11-22,23-12-6-2-7-13-23)24-14-8-3-9-15-24/h1-20H,(H,29,30)/b17-16+. The Morgan fingerprint density at radius 2 is 1.26 bits per heavy atom. The van der Waals surface area contributed by atoms with Crippen LogP contribution >= 0.6 is 7.05 Å². The number of hydrogen-bond donors (Lipinski definition) is 1. The van der Waals surface area contributed by atoms with Crippen molar-refractivity contribution < 1.29 is 9.90 Å². The SMILES string of the molecule is O=C(O)/C=C/c1cnccc1N=P(c1ccccc1)(c1ccccc1)c1ccccc1. The van der Waals surface area contributed by atoms with Gasteiger partial charge in [0.25, 0.3) is 0 Å². The van der Waals surface area contributed by atoms with E-state index < -0.39 is 13.0 Å². The predicted molar refractivity (Wildman–Crippen MR) is 128 cm³/mol. The number of carbonyl (C=O) groups is 1. The van der Waals surface area contributed by atoms with Crippen LogP contribution in [0.5, 0.6) is 0 Å². The number of nitrogens with zero attached hydrogens (tertiary/aromatic N) is 2. The first-order valence-corrected chi connectivity index (χ1v) is 11.6. The molecular weight excluding hydrogens is 403 g/mol. The largest absolute Gasteiger partial charge is 0.478 e. The fraction of sp³-hybridized carbons (Fsp3) is 0. The van der Waals surface area contributed by atoms with Crippen molar-refractivity contribution in [2.24, 2.45) is 4.74 Å². The molecule has 0 aliphatic heterocycles. The maximum Gasteiger partial charge on any atom is 0.328 e. The van der Waals surface area contributed by atoms with Crippen LogP contribution in [-0.4, -0.2) is 16.1 Å². The number of carboxylic acids is 1. The van der Waals surface area contributed by atoms with Crippen molar-refractivity contribution in [1.29, 1.82) is 0 Å². The van der Waals surface area contributed by atoms with Crippen molar-refractivity contribution in [3.8, 4) is 0 Å². The van der Waals surface area contributed by atoms with Gasteiger partial charge in [-0.2, -0.15) is 0 Å². The first kappa shape index (κ1) is 20.5. The normalized spacial score (nSPS) is 11.4. The third-order valence-corrected chi connectivity index (χ3v) is 8.53. The smallest absolute Gasteiger partial charge is 0.328 e. The monoisotopic (exact) mass is 424 g/mol. The van der Waals surface area contributed by atoms with Crippen molar-refractivity contribution in [3.05, 3.63) is 121 Å². The van der Waals surface area contributed by atoms with Gasteiger partial charge in [0.2, 0.25) is 0 Å². The number of carboxylic acid groups (broad SMARTS) is 1. The highest BCUT2D eigenvalue weighted by Crippen LogP contribution is 2.49. The summed E-state index contributed by atoms with van der Waals surface area (Å²) in [6.07, 6.45) is 5.99. The van der Waals surface area contributed by atoms with Gasteiger partial charge in [-0.15, -0.1) is 0 Å². The van der Waals surface area contributed by atoms with E-state index >= 15 is 0 Å². The molecule has 0 saturated heterocycles. The zero-order valence-electron chi connectivity index (χ0n) is 16.7. The lowest BCUT2D eigenvalue weighted by Crippen LogP contribution is -2.25. The highest BCUT2D eigenvalue weighted by atomic mass is 31.2. The molecule has 0 saturated carbocycles. The first-order chi connectivity index (χ1) is 15.2. The van der Waals surface area contributed by atoms with E-state index in [0.29, 0.717) is 11.3 Å². The number of pyridine rings is 1. The molecule has 4 rings (SSSR count). The second-order valence-electron chi connectivity index (χ2n) is 6.85. The molecule has 4 nitrogen and oxygen atoms in total. The van der Waals surface area contributed by atoms with E-state index in [-0.39, 0.29) is 0 Å². The van der Waals surface area contributed by atoms with E-state index in [1.807, 2.05) is 60.7 Å². The molecule has 0 amide bonds. The molecule has 0 aliphatic rings. The lowest BCUT2D eigenvalue weighted by molar-refractivity contribution is -0.131. The van der Waals surface area contributed by atoms with Gasteiger partial charge in [0.05, 0.1) is 12.7 Å². The number of hydrogen-bond acceptors (Lipinski definition) is 3. The highest BCUT2D eigenvalue weighted by Gasteiger charge is 2.27. The first-order valence-electron chi connectivity index (χ1n) is 9.84. The van der Waals surface area contributed by atoms with E-state index in [2.05, 4.69) is 41.4 Å². The highest BCUT2D eigenvalue weighted by molar-refractivity contribution is 7.87. The molecule has 1 heterocycles. The van der Waals surface area contributed by atoms with Crippen molar-refractivity contribution in [3.63, 3.8) is 0 Å². The predicted octanol–water partition coefficient (Wildman–Crippen LogP) is 4.99. The number of aliphatic carboxylic acids is 1. The van der Waals surface area contributed by atoms with Gasteiger partial charge < -0.3 is 5.11 Å². The summed E-state index contributed by atoms with van der Waals surface area (Å²) in [6, 6.07) is 32.7. The van der Waals surface area contributed by atoms with Crippen molar-refractivity contribution in [1.82, 2.24) is 4.98 Å². The molecule has 152 valence electrons. The summed E-state index contributed by atoms with van der Waals surface area (Å²) in [5.41, 5.74) is 1.37. The van der Waals surface area contributed by atoms with Gasteiger partial charge in [-0.1, -0.05) is 91.0 Å². The van der Waals surface area contributed by atoms with Crippen LogP contribution in [0, 0.1) is 0 Å². The van der Waals surface area contributed by atoms with E-state index in [0.717, 1.165) is 22.0 Å². The molecule has 0 radical (unpaired) electrons. The lowest BCUT2D eigenvalue weighted by Gasteiger charge is -2.27. The summed E-state index contributed by atoms with van der Waals surface area (Å²) in [5, 5.41) is 12.5. The summed E-state index contributed by atoms with van der Waals surface area (Å²) in [6.45, 7) is 0. The molecular formula is C26H21N2O2P. The Labute approximate surface area is 181 Å². The second kappa shape index (κ2) is 9.38. The summed E-state index contributed by atoms with van der Waals surface area (Å²) in [7, 11) is -2.43. The second-order valence-corrected chi connectivity index (χ2v) is 9.87. The van der Waals surface area contributed by atoms with Crippen molar-refractivity contribution >= 4 is 40.7 Å². The molecule has 31 heavy (non-hydrogen) atoms. The average molecular weight is 424 g/mol. The average Bonchev–Trinajstić information content (AvgIpc) is 2.83. The number of rotatable bonds is 6. The number of aromatic nitrogens is 1. The van der Waals surface area contributed by atoms with Crippen LogP contribution in [0.3, 0.4) is 0 Å². The van der Waals surface area contributed by atoms with Crippen LogP contribution in [0.1, 0.15) is 5.56 Å². The Bertz CT molecular complexity index is 1150. The fourth-order valence-electron chi connectivity index (χ4n) is 3.49. The molecule has 0 spiro atoms. The van der Waals surface area contributed by atoms with Crippen LogP contribution in [0.15, 0.2) is 120 Å². The molecule has 0 aliphatic carbocycles. The van der Waals surface area contributed by atoms with E-state index in [4.69, 9.17) is 9.85 Å². The summed E-state index contributed by atoms with van der Waals surface area (Å²) in [4.78, 5) is 15.3. The summed E-state index contributed by atoms with van der Waals surface area (Å²) in [5.74, 6) is -1.01. The van der Waals surface area contributed by atoms with E-state index in [9.17, 15) is 4.79 Å². The van der Waals surface area contributed by atoms with E-state index in [1.54, 1.807) is 18.5 Å². The third kappa shape index (κ3) is 4.40. The zero-order valence-corrected chi connectivity index (χ0v) is 17.6. The molecule has 0 atom stereocenters. The third-order valence-electron chi connectivity index (χ3n) is 4.88. The van der Waals surface area contributed by atoms with Gasteiger partial charge in [0.1, 0.15) is 0 Å². The van der Waals surface area contributed by atoms with Gasteiger partial charge in [0, 0.05) is 39.9 Å². The molecule has 3 aromatic carbocycles. The maximum absolute atomic E-state index is 11.1. The Kier molecular flexibility index (Phi) is 6.21. The van der Waals surface area contributed by atoms with Crippen molar-refractivity contribution in [2.45, 2.75) is 0 Å². The van der Waals surface area contributed by atoms with Crippen LogP contribution in [0.4, 0.5) is 5.69 Å². The van der Waals surface area contributed by atoms with Gasteiger partial charge >= 0.3 is 5.97 Å². The summed E-state index contributed by atoms with van der Waals surface area (Å²) >= 11 is 0. The molecule has 0 bridgehead atoms. The topological polar surface area (TPSA) is 62.5 Å². The Morgan fingerprint density at radius 3 is 1.71 bits per heavy atom. The Morgan fingerprint density at radius 1 is 0.774 bits per heavy atom. The molecule has 0 unspecified atom stereocenters. The van der Waals surface area contributed by atoms with E-state index in [1.165, 1.54) is 0 Å². The molecule has 1 aromatic heterocycles. The fourth-order valence-corrected chi connectivity index (χ4v) is 7.05. The maximum atomic E-state index is 11.1. The quantitative estimate of drug-likeness (QED) is 0.350. The van der Waals surface area contributed by atoms with Crippen molar-refractivity contribution in [2.75, 3.05) is 0 Å². The molecule has 0 fully saturated rings.